The summed E-state index contributed by atoms with van der Waals surface area (Å²) in [5, 5.41) is 0. The minimum Gasteiger partial charge on any atom is -0.423 e. The second-order valence-electron chi connectivity index (χ2n) is 10.3. The van der Waals surface area contributed by atoms with Gasteiger partial charge in [-0.05, 0) is 72.6 Å². The monoisotopic (exact) mass is 514 g/mol. The summed E-state index contributed by atoms with van der Waals surface area (Å²) in [5.74, 6) is 0.755. The van der Waals surface area contributed by atoms with Gasteiger partial charge in [-0.2, -0.15) is 0 Å². The quantitative estimate of drug-likeness (QED) is 0.108. The summed E-state index contributed by atoms with van der Waals surface area (Å²) >= 11 is 0. The van der Waals surface area contributed by atoms with Crippen molar-refractivity contribution < 1.29 is 14.3 Å². The Hall–Kier alpha value is -2.91. The summed E-state index contributed by atoms with van der Waals surface area (Å²) in [6, 6.07) is 24.1. The third kappa shape index (κ3) is 8.84. The highest BCUT2D eigenvalue weighted by Gasteiger charge is 2.17. The van der Waals surface area contributed by atoms with Crippen molar-refractivity contribution in [3.8, 4) is 16.9 Å². The Kier molecular flexibility index (Phi) is 12.6. The number of rotatable bonds is 16. The molecule has 0 aliphatic heterocycles. The Morgan fingerprint density at radius 3 is 2.03 bits per heavy atom. The van der Waals surface area contributed by atoms with Gasteiger partial charge in [0, 0.05) is 6.61 Å². The number of para-hydroxylation sites is 1. The summed E-state index contributed by atoms with van der Waals surface area (Å²) in [5.41, 5.74) is 5.05. The van der Waals surface area contributed by atoms with Gasteiger partial charge in [0.15, 0.2) is 0 Å². The molecule has 0 bridgehead atoms. The van der Waals surface area contributed by atoms with E-state index in [1.54, 1.807) is 0 Å². The molecule has 0 fully saturated rings. The number of ether oxygens (including phenoxy) is 2. The fourth-order valence-electron chi connectivity index (χ4n) is 4.98. The Bertz CT molecular complexity index is 1080. The number of hydrogen-bond donors (Lipinski definition) is 0. The molecule has 2 unspecified atom stereocenters. The van der Waals surface area contributed by atoms with Crippen molar-refractivity contribution in [2.45, 2.75) is 97.5 Å². The van der Waals surface area contributed by atoms with Crippen molar-refractivity contribution >= 4 is 5.97 Å². The largest absolute Gasteiger partial charge is 0.423 e. The molecule has 3 heteroatoms. The van der Waals surface area contributed by atoms with Crippen LogP contribution in [-0.4, -0.2) is 12.6 Å². The van der Waals surface area contributed by atoms with Gasteiger partial charge in [-0.25, -0.2) is 4.79 Å². The second-order valence-corrected chi connectivity index (χ2v) is 10.3. The van der Waals surface area contributed by atoms with Gasteiger partial charge in [-0.1, -0.05) is 114 Å². The normalized spacial score (nSPS) is 12.7. The van der Waals surface area contributed by atoms with Gasteiger partial charge in [0.1, 0.15) is 5.75 Å². The van der Waals surface area contributed by atoms with E-state index in [1.165, 1.54) is 37.7 Å². The first-order valence-electron chi connectivity index (χ1n) is 14.7. The Balaban J connectivity index is 1.56. The molecular weight excluding hydrogens is 468 g/mol. The number of carbonyl (C=O) groups excluding carboxylic acids is 1. The molecule has 0 saturated heterocycles. The molecule has 3 rings (SSSR count). The smallest absolute Gasteiger partial charge is 0.343 e. The minimum absolute atomic E-state index is 0.0874. The number of hydrogen-bond acceptors (Lipinski definition) is 3. The molecule has 0 heterocycles. The first-order chi connectivity index (χ1) is 18.6. The van der Waals surface area contributed by atoms with E-state index in [-0.39, 0.29) is 12.1 Å². The van der Waals surface area contributed by atoms with Gasteiger partial charge in [0.05, 0.1) is 11.7 Å². The lowest BCUT2D eigenvalue weighted by Gasteiger charge is -2.18. The summed E-state index contributed by atoms with van der Waals surface area (Å²) < 4.78 is 11.9. The van der Waals surface area contributed by atoms with Crippen molar-refractivity contribution in [1.29, 1.82) is 0 Å². The van der Waals surface area contributed by atoms with Gasteiger partial charge >= 0.3 is 5.97 Å². The van der Waals surface area contributed by atoms with Gasteiger partial charge in [0.25, 0.3) is 0 Å². The molecule has 0 aliphatic rings. The van der Waals surface area contributed by atoms with Gasteiger partial charge in [-0.3, -0.25) is 0 Å². The van der Waals surface area contributed by atoms with Crippen molar-refractivity contribution in [2.75, 3.05) is 6.61 Å². The van der Waals surface area contributed by atoms with Crippen LogP contribution in [0, 0.1) is 0 Å². The molecule has 2 atom stereocenters. The number of unbranched alkanes of at least 4 members (excludes halogenated alkanes) is 5. The first-order valence-corrected chi connectivity index (χ1v) is 14.7. The van der Waals surface area contributed by atoms with E-state index >= 15 is 0 Å². The number of benzene rings is 3. The van der Waals surface area contributed by atoms with E-state index < -0.39 is 0 Å². The molecule has 3 aromatic carbocycles. The van der Waals surface area contributed by atoms with Gasteiger partial charge < -0.3 is 9.47 Å². The van der Waals surface area contributed by atoms with E-state index in [0.717, 1.165) is 49.0 Å². The molecule has 38 heavy (non-hydrogen) atoms. The molecule has 0 radical (unpaired) electrons. The fourth-order valence-corrected chi connectivity index (χ4v) is 4.98. The lowest BCUT2D eigenvalue weighted by Crippen LogP contribution is -2.11. The van der Waals surface area contributed by atoms with Crippen LogP contribution in [0.1, 0.15) is 119 Å². The molecular formula is C35H46O3. The molecule has 0 amide bonds. The van der Waals surface area contributed by atoms with Crippen LogP contribution in [-0.2, 0) is 4.74 Å². The maximum atomic E-state index is 12.9. The highest BCUT2D eigenvalue weighted by Crippen LogP contribution is 2.33. The third-order valence-electron chi connectivity index (χ3n) is 7.39. The molecule has 0 spiro atoms. The van der Waals surface area contributed by atoms with Gasteiger partial charge in [0.2, 0.25) is 0 Å². The predicted molar refractivity (Wildman–Crippen MR) is 159 cm³/mol. The van der Waals surface area contributed by atoms with Crippen LogP contribution in [0.3, 0.4) is 0 Å². The zero-order valence-corrected chi connectivity index (χ0v) is 23.9. The van der Waals surface area contributed by atoms with Crippen LogP contribution in [0.15, 0.2) is 72.8 Å². The standard InChI is InChI=1S/C35H46O3/c1-5-8-9-10-11-14-26-37-27(4)29-18-20-30(21-19-29)31-22-24-32(25-23-31)35(36)38-34-17-13-12-16-33(34)28(7-3)15-6-2/h12-13,16-25,27-28H,5-11,14-15,26H2,1-4H3. The Labute approximate surface area is 230 Å². The number of esters is 1. The molecule has 0 aromatic heterocycles. The van der Waals surface area contributed by atoms with E-state index in [1.807, 2.05) is 42.5 Å². The zero-order chi connectivity index (χ0) is 27.2. The van der Waals surface area contributed by atoms with Crippen LogP contribution < -0.4 is 4.74 Å². The van der Waals surface area contributed by atoms with Crippen molar-refractivity contribution in [3.05, 3.63) is 89.5 Å². The van der Waals surface area contributed by atoms with Crippen LogP contribution in [0.4, 0.5) is 0 Å². The Morgan fingerprint density at radius 2 is 1.37 bits per heavy atom. The molecule has 0 aliphatic carbocycles. The number of carbonyl (C=O) groups is 1. The molecule has 0 saturated carbocycles. The van der Waals surface area contributed by atoms with Crippen LogP contribution in [0.2, 0.25) is 0 Å². The molecule has 204 valence electrons. The lowest BCUT2D eigenvalue weighted by molar-refractivity contribution is 0.0627. The highest BCUT2D eigenvalue weighted by atomic mass is 16.5. The van der Waals surface area contributed by atoms with Crippen LogP contribution in [0.5, 0.6) is 5.75 Å². The van der Waals surface area contributed by atoms with Crippen LogP contribution in [0.25, 0.3) is 11.1 Å². The van der Waals surface area contributed by atoms with Crippen molar-refractivity contribution in [1.82, 2.24) is 0 Å². The van der Waals surface area contributed by atoms with E-state index in [9.17, 15) is 4.79 Å². The fraction of sp³-hybridized carbons (Fsp3) is 0.457. The average Bonchev–Trinajstić information content (AvgIpc) is 2.96. The van der Waals surface area contributed by atoms with Crippen LogP contribution >= 0.6 is 0 Å². The summed E-state index contributed by atoms with van der Waals surface area (Å²) in [7, 11) is 0. The lowest BCUT2D eigenvalue weighted by atomic mass is 9.91. The van der Waals surface area contributed by atoms with Crippen molar-refractivity contribution in [2.24, 2.45) is 0 Å². The van der Waals surface area contributed by atoms with Gasteiger partial charge in [-0.15, -0.1) is 0 Å². The maximum absolute atomic E-state index is 12.9. The van der Waals surface area contributed by atoms with E-state index in [4.69, 9.17) is 9.47 Å². The second kappa shape index (κ2) is 16.1. The summed E-state index contributed by atoms with van der Waals surface area (Å²) in [6.45, 7) is 9.56. The predicted octanol–water partition coefficient (Wildman–Crippen LogP) is 10.3. The molecule has 3 nitrogen and oxygen atoms in total. The first kappa shape index (κ1) is 29.6. The SMILES string of the molecule is CCCCCCCCOC(C)c1ccc(-c2ccc(C(=O)Oc3ccccc3C(CC)CCC)cc2)cc1. The maximum Gasteiger partial charge on any atom is 0.343 e. The molecule has 3 aromatic rings. The Morgan fingerprint density at radius 1 is 0.737 bits per heavy atom. The highest BCUT2D eigenvalue weighted by molar-refractivity contribution is 5.91. The average molecular weight is 515 g/mol. The molecule has 0 N–H and O–H groups in total. The van der Waals surface area contributed by atoms with E-state index in [2.05, 4.69) is 58.0 Å². The topological polar surface area (TPSA) is 35.5 Å². The van der Waals surface area contributed by atoms with Crippen molar-refractivity contribution in [3.63, 3.8) is 0 Å². The summed E-state index contributed by atoms with van der Waals surface area (Å²) in [6.07, 6.45) is 11.0. The third-order valence-corrected chi connectivity index (χ3v) is 7.39. The summed E-state index contributed by atoms with van der Waals surface area (Å²) in [4.78, 5) is 12.9. The zero-order valence-electron chi connectivity index (χ0n) is 23.9. The van der Waals surface area contributed by atoms with E-state index in [0.29, 0.717) is 17.2 Å². The minimum atomic E-state index is -0.318.